The fourth-order valence-corrected chi connectivity index (χ4v) is 4.07. The van der Waals surface area contributed by atoms with Crippen LogP contribution in [0.25, 0.3) is 0 Å². The van der Waals surface area contributed by atoms with Crippen LogP contribution in [0.3, 0.4) is 0 Å². The van der Waals surface area contributed by atoms with E-state index in [2.05, 4.69) is 51.1 Å². The zero-order chi connectivity index (χ0) is 22.0. The molecule has 0 spiro atoms. The predicted molar refractivity (Wildman–Crippen MR) is 125 cm³/mol. The van der Waals surface area contributed by atoms with Crippen LogP contribution >= 0.6 is 0 Å². The SMILES string of the molecule is Cc1cc(N2CCN(C)CC2)nc(N2CCN(C(=O)Nc3cccc(C)c3C)CC2)n1. The van der Waals surface area contributed by atoms with Gasteiger partial charge in [0.2, 0.25) is 5.95 Å². The van der Waals surface area contributed by atoms with Gasteiger partial charge in [-0.2, -0.15) is 4.98 Å². The number of aryl methyl sites for hydroxylation is 2. The summed E-state index contributed by atoms with van der Waals surface area (Å²) in [6.07, 6.45) is 0. The monoisotopic (exact) mass is 423 g/mol. The summed E-state index contributed by atoms with van der Waals surface area (Å²) in [6, 6.07) is 8.02. The molecule has 166 valence electrons. The first-order chi connectivity index (χ1) is 14.9. The van der Waals surface area contributed by atoms with Gasteiger partial charge >= 0.3 is 6.03 Å². The molecule has 3 heterocycles. The Morgan fingerprint density at radius 2 is 1.58 bits per heavy atom. The second-order valence-corrected chi connectivity index (χ2v) is 8.61. The topological polar surface area (TPSA) is 67.8 Å². The molecule has 1 aromatic heterocycles. The van der Waals surface area contributed by atoms with Crippen molar-refractivity contribution >= 4 is 23.5 Å². The van der Waals surface area contributed by atoms with E-state index < -0.39 is 0 Å². The van der Waals surface area contributed by atoms with Gasteiger partial charge in [0.15, 0.2) is 0 Å². The summed E-state index contributed by atoms with van der Waals surface area (Å²) in [4.78, 5) is 31.1. The minimum Gasteiger partial charge on any atom is -0.354 e. The Hall–Kier alpha value is -2.87. The summed E-state index contributed by atoms with van der Waals surface area (Å²) in [5.74, 6) is 1.77. The lowest BCUT2D eigenvalue weighted by Gasteiger charge is -2.36. The zero-order valence-corrected chi connectivity index (χ0v) is 19.1. The number of likely N-dealkylation sites (N-methyl/N-ethyl adjacent to an activating group) is 1. The van der Waals surface area contributed by atoms with E-state index in [4.69, 9.17) is 4.98 Å². The van der Waals surface area contributed by atoms with Gasteiger partial charge in [-0.25, -0.2) is 9.78 Å². The number of carbonyl (C=O) groups excluding carboxylic acids is 1. The number of anilines is 3. The number of piperazine rings is 2. The maximum Gasteiger partial charge on any atom is 0.321 e. The number of hydrogen-bond donors (Lipinski definition) is 1. The molecule has 2 amide bonds. The Morgan fingerprint density at radius 1 is 0.903 bits per heavy atom. The first kappa shape index (κ1) is 21.4. The van der Waals surface area contributed by atoms with E-state index in [1.54, 1.807) is 0 Å². The number of rotatable bonds is 3. The van der Waals surface area contributed by atoms with Crippen LogP contribution in [0.1, 0.15) is 16.8 Å². The first-order valence-electron chi connectivity index (χ1n) is 11.1. The summed E-state index contributed by atoms with van der Waals surface area (Å²) >= 11 is 0. The molecule has 2 aliphatic heterocycles. The van der Waals surface area contributed by atoms with E-state index >= 15 is 0 Å². The Bertz CT molecular complexity index is 932. The van der Waals surface area contributed by atoms with Crippen molar-refractivity contribution in [3.05, 3.63) is 41.1 Å². The fourth-order valence-electron chi connectivity index (χ4n) is 4.07. The minimum absolute atomic E-state index is 0.0448. The van der Waals surface area contributed by atoms with Crippen molar-refractivity contribution < 1.29 is 4.79 Å². The van der Waals surface area contributed by atoms with Crippen LogP contribution < -0.4 is 15.1 Å². The van der Waals surface area contributed by atoms with E-state index in [-0.39, 0.29) is 6.03 Å². The number of carbonyl (C=O) groups is 1. The van der Waals surface area contributed by atoms with Gasteiger partial charge in [0, 0.05) is 69.8 Å². The second kappa shape index (κ2) is 9.09. The number of amides is 2. The maximum atomic E-state index is 12.8. The molecule has 0 radical (unpaired) electrons. The number of nitrogens with one attached hydrogen (secondary N) is 1. The largest absolute Gasteiger partial charge is 0.354 e. The third-order valence-corrected chi connectivity index (χ3v) is 6.35. The molecule has 0 unspecified atom stereocenters. The summed E-state index contributed by atoms with van der Waals surface area (Å²) in [5, 5.41) is 3.07. The molecular formula is C23H33N7O. The summed E-state index contributed by atoms with van der Waals surface area (Å²) in [7, 11) is 2.16. The molecule has 8 heteroatoms. The maximum absolute atomic E-state index is 12.8. The fraction of sp³-hybridized carbons (Fsp3) is 0.522. The highest BCUT2D eigenvalue weighted by Gasteiger charge is 2.24. The van der Waals surface area contributed by atoms with Crippen molar-refractivity contribution in [3.63, 3.8) is 0 Å². The van der Waals surface area contributed by atoms with Crippen LogP contribution in [0.15, 0.2) is 24.3 Å². The molecule has 4 rings (SSSR count). The minimum atomic E-state index is -0.0448. The lowest BCUT2D eigenvalue weighted by Crippen LogP contribution is -2.50. The summed E-state index contributed by atoms with van der Waals surface area (Å²) in [6.45, 7) is 12.9. The Balaban J connectivity index is 1.38. The molecule has 2 fully saturated rings. The van der Waals surface area contributed by atoms with Crippen LogP contribution in [0.2, 0.25) is 0 Å². The zero-order valence-electron chi connectivity index (χ0n) is 19.1. The molecule has 0 atom stereocenters. The standard InChI is InChI=1S/C23H33N7O/c1-17-6-5-7-20(19(17)3)25-23(31)30-14-12-29(13-15-30)22-24-18(2)16-21(26-22)28-10-8-27(4)9-11-28/h5-7,16H,8-15H2,1-4H3,(H,25,31). The Labute approximate surface area is 184 Å². The second-order valence-electron chi connectivity index (χ2n) is 8.61. The molecule has 0 bridgehead atoms. The quantitative estimate of drug-likeness (QED) is 0.818. The average molecular weight is 424 g/mol. The highest BCUT2D eigenvalue weighted by Crippen LogP contribution is 2.21. The average Bonchev–Trinajstić information content (AvgIpc) is 2.77. The number of benzene rings is 1. The van der Waals surface area contributed by atoms with Gasteiger partial charge in [0.05, 0.1) is 0 Å². The summed E-state index contributed by atoms with van der Waals surface area (Å²) < 4.78 is 0. The summed E-state index contributed by atoms with van der Waals surface area (Å²) in [5.41, 5.74) is 4.15. The van der Waals surface area contributed by atoms with Crippen molar-refractivity contribution in [3.8, 4) is 0 Å². The molecule has 2 aromatic rings. The molecule has 31 heavy (non-hydrogen) atoms. The van der Waals surface area contributed by atoms with E-state index in [0.29, 0.717) is 13.1 Å². The van der Waals surface area contributed by atoms with Gasteiger partial charge in [-0.15, -0.1) is 0 Å². The van der Waals surface area contributed by atoms with E-state index in [0.717, 1.165) is 68.0 Å². The van der Waals surface area contributed by atoms with Gasteiger partial charge in [-0.05, 0) is 45.0 Å². The van der Waals surface area contributed by atoms with Crippen LogP contribution in [0.5, 0.6) is 0 Å². The van der Waals surface area contributed by atoms with Crippen molar-refractivity contribution in [2.45, 2.75) is 20.8 Å². The van der Waals surface area contributed by atoms with E-state index in [1.165, 1.54) is 5.56 Å². The highest BCUT2D eigenvalue weighted by molar-refractivity contribution is 5.90. The molecular weight excluding hydrogens is 390 g/mol. The predicted octanol–water partition coefficient (Wildman–Crippen LogP) is 2.51. The van der Waals surface area contributed by atoms with Crippen molar-refractivity contribution in [2.75, 3.05) is 74.5 Å². The lowest BCUT2D eigenvalue weighted by molar-refractivity contribution is 0.208. The van der Waals surface area contributed by atoms with Gasteiger partial charge in [0.25, 0.3) is 0 Å². The van der Waals surface area contributed by atoms with Gasteiger partial charge in [-0.1, -0.05) is 12.1 Å². The van der Waals surface area contributed by atoms with Crippen LogP contribution in [-0.2, 0) is 0 Å². The van der Waals surface area contributed by atoms with Crippen molar-refractivity contribution in [2.24, 2.45) is 0 Å². The third kappa shape index (κ3) is 4.90. The number of urea groups is 1. The normalized spacial score (nSPS) is 17.7. The molecule has 0 aliphatic carbocycles. The van der Waals surface area contributed by atoms with Crippen molar-refractivity contribution in [1.29, 1.82) is 0 Å². The highest BCUT2D eigenvalue weighted by atomic mass is 16.2. The molecule has 8 nitrogen and oxygen atoms in total. The number of aromatic nitrogens is 2. The van der Waals surface area contributed by atoms with Gasteiger partial charge in [0.1, 0.15) is 5.82 Å². The number of nitrogens with zero attached hydrogens (tertiary/aromatic N) is 6. The first-order valence-corrected chi connectivity index (χ1v) is 11.1. The Morgan fingerprint density at radius 3 is 2.29 bits per heavy atom. The molecule has 2 aliphatic rings. The van der Waals surface area contributed by atoms with Gasteiger partial charge < -0.3 is 24.9 Å². The van der Waals surface area contributed by atoms with Crippen LogP contribution in [0, 0.1) is 20.8 Å². The van der Waals surface area contributed by atoms with E-state index in [1.807, 2.05) is 30.9 Å². The van der Waals surface area contributed by atoms with Crippen molar-refractivity contribution in [1.82, 2.24) is 19.8 Å². The van der Waals surface area contributed by atoms with Crippen LogP contribution in [-0.4, -0.2) is 85.2 Å². The van der Waals surface area contributed by atoms with Crippen LogP contribution in [0.4, 0.5) is 22.2 Å². The van der Waals surface area contributed by atoms with E-state index in [9.17, 15) is 4.79 Å². The Kier molecular flexibility index (Phi) is 6.27. The molecule has 0 saturated carbocycles. The van der Waals surface area contributed by atoms with Gasteiger partial charge in [-0.3, -0.25) is 0 Å². The molecule has 1 N–H and O–H groups in total. The number of hydrogen-bond acceptors (Lipinski definition) is 6. The lowest BCUT2D eigenvalue weighted by atomic mass is 10.1. The molecule has 1 aromatic carbocycles. The third-order valence-electron chi connectivity index (χ3n) is 6.35. The smallest absolute Gasteiger partial charge is 0.321 e. The molecule has 2 saturated heterocycles.